The van der Waals surface area contributed by atoms with Crippen molar-refractivity contribution in [3.05, 3.63) is 35.9 Å². The molecule has 2 heterocycles. The van der Waals surface area contributed by atoms with Gasteiger partial charge in [-0.1, -0.05) is 62.4 Å². The topological polar surface area (TPSA) is 205 Å². The van der Waals surface area contributed by atoms with E-state index in [1.54, 1.807) is 30.3 Å². The number of nitrogens with one attached hydrogen (secondary N) is 4. The Morgan fingerprint density at radius 3 is 2.19 bits per heavy atom. The fourth-order valence-electron chi connectivity index (χ4n) is 6.64. The fourth-order valence-corrected chi connectivity index (χ4v) is 7.97. The molecule has 0 aromatic heterocycles. The van der Waals surface area contributed by atoms with Crippen LogP contribution in [-0.2, 0) is 50.0 Å². The van der Waals surface area contributed by atoms with Crippen LogP contribution in [0.25, 0.3) is 0 Å². The van der Waals surface area contributed by atoms with Gasteiger partial charge in [-0.05, 0) is 24.3 Å². The third kappa shape index (κ3) is 12.6. The average Bonchev–Trinajstić information content (AvgIpc) is 3.17. The summed E-state index contributed by atoms with van der Waals surface area (Å²) in [6.45, 7) is 2.64. The number of halogens is 2. The number of hydrogen-bond acceptors (Lipinski definition) is 11. The summed E-state index contributed by atoms with van der Waals surface area (Å²) >= 11 is 0. The Labute approximate surface area is 308 Å². The number of morpholine rings is 2. The molecule has 0 bridgehead atoms. The van der Waals surface area contributed by atoms with Crippen LogP contribution >= 0.6 is 0 Å². The second-order valence-electron chi connectivity index (χ2n) is 13.5. The van der Waals surface area contributed by atoms with E-state index in [4.69, 9.17) is 14.2 Å². The van der Waals surface area contributed by atoms with Gasteiger partial charge in [-0.25, -0.2) is 4.79 Å². The Hall–Kier alpha value is -3.33. The van der Waals surface area contributed by atoms with Gasteiger partial charge in [0.05, 0.1) is 39.6 Å². The Morgan fingerprint density at radius 2 is 1.57 bits per heavy atom. The molecule has 3 fully saturated rings. The van der Waals surface area contributed by atoms with Crippen LogP contribution in [0.1, 0.15) is 44.1 Å². The number of carbonyl (C=O) groups excluding carboxylic acids is 4. The lowest BCUT2D eigenvalue weighted by atomic mass is 9.82. The third-order valence-corrected chi connectivity index (χ3v) is 11.3. The zero-order valence-electron chi connectivity index (χ0n) is 30.0. The average molecular weight is 775 g/mol. The number of esters is 1. The van der Waals surface area contributed by atoms with Crippen molar-refractivity contribution >= 4 is 33.9 Å². The van der Waals surface area contributed by atoms with Gasteiger partial charge < -0.3 is 35.3 Å². The highest BCUT2D eigenvalue weighted by Crippen LogP contribution is 2.31. The number of carbonyl (C=O) groups is 4. The van der Waals surface area contributed by atoms with Crippen molar-refractivity contribution in [2.45, 2.75) is 75.1 Å². The predicted octanol–water partition coefficient (Wildman–Crippen LogP) is -0.678. The van der Waals surface area contributed by atoms with E-state index in [1.165, 1.54) is 0 Å². The molecule has 0 spiro atoms. The van der Waals surface area contributed by atoms with Crippen molar-refractivity contribution in [2.24, 2.45) is 5.92 Å². The number of aliphatic hydroxyl groups excluding tert-OH is 1. The molecule has 16 nitrogen and oxygen atoms in total. The first-order valence-electron chi connectivity index (χ1n) is 18.0. The van der Waals surface area contributed by atoms with Crippen LogP contribution < -0.4 is 20.7 Å². The SMILES string of the molecule is COC(=O)[C@H](NC(=O)[C@H](Cc1ccccc1)NS(=O)(=O)N1CCOCC1)C(=O)N[C@@H](CC1CCCCC1)C(O)C(F)(F)C(=O)NCCN1CCOCC1. The van der Waals surface area contributed by atoms with E-state index in [0.29, 0.717) is 44.7 Å². The smallest absolute Gasteiger partial charge is 0.351 e. The third-order valence-electron chi connectivity index (χ3n) is 9.70. The molecule has 298 valence electrons. The number of ether oxygens (including phenoxy) is 3. The first kappa shape index (κ1) is 42.4. The molecule has 1 unspecified atom stereocenters. The van der Waals surface area contributed by atoms with Crippen LogP contribution in [0.2, 0.25) is 0 Å². The lowest BCUT2D eigenvalue weighted by molar-refractivity contribution is -0.169. The standard InChI is InChI=1S/C34H52F2N6O10S/c1-50-32(46)28(39-30(44)27(23-25-10-6-3-7-11-25)40-53(48,49)42-16-20-52-21-17-42)31(45)38-26(22-24-8-4-2-5-9-24)29(43)34(35,36)33(47)37-12-13-41-14-18-51-19-15-41/h3,6-7,10-11,24,26-29,40,43H,2,4-5,8-9,12-23H2,1H3,(H,37,47)(H,38,45)(H,39,44)/t26-,27-,28+,29?/m0/s1. The van der Waals surface area contributed by atoms with Gasteiger partial charge in [-0.3, -0.25) is 19.3 Å². The number of hydrogen-bond donors (Lipinski definition) is 5. The van der Waals surface area contributed by atoms with Crippen LogP contribution in [0.4, 0.5) is 8.78 Å². The Morgan fingerprint density at radius 1 is 0.943 bits per heavy atom. The molecule has 19 heteroatoms. The number of amides is 3. The number of rotatable bonds is 18. The number of methoxy groups -OCH3 is 1. The first-order chi connectivity index (χ1) is 25.3. The number of nitrogens with zero attached hydrogens (tertiary/aromatic N) is 2. The van der Waals surface area contributed by atoms with Crippen molar-refractivity contribution < 1.29 is 55.7 Å². The van der Waals surface area contributed by atoms with Crippen molar-refractivity contribution in [1.29, 1.82) is 0 Å². The molecule has 2 saturated heterocycles. The van der Waals surface area contributed by atoms with Crippen molar-refractivity contribution in [1.82, 2.24) is 29.9 Å². The number of alkyl halides is 2. The van der Waals surface area contributed by atoms with Crippen LogP contribution in [0.3, 0.4) is 0 Å². The minimum Gasteiger partial charge on any atom is -0.467 e. The van der Waals surface area contributed by atoms with Gasteiger partial charge in [0.2, 0.25) is 11.9 Å². The molecule has 0 radical (unpaired) electrons. The van der Waals surface area contributed by atoms with Gasteiger partial charge in [0.25, 0.3) is 22.0 Å². The van der Waals surface area contributed by atoms with E-state index in [0.717, 1.165) is 30.7 Å². The van der Waals surface area contributed by atoms with Crippen LogP contribution in [-0.4, -0.2) is 149 Å². The highest BCUT2D eigenvalue weighted by molar-refractivity contribution is 7.87. The van der Waals surface area contributed by atoms with Crippen LogP contribution in [0.15, 0.2) is 30.3 Å². The normalized spacial score (nSPS) is 20.4. The zero-order chi connectivity index (χ0) is 38.4. The molecule has 1 saturated carbocycles. The fraction of sp³-hybridized carbons (Fsp3) is 0.706. The summed E-state index contributed by atoms with van der Waals surface area (Å²) in [5, 5.41) is 17.7. The highest BCUT2D eigenvalue weighted by atomic mass is 32.2. The van der Waals surface area contributed by atoms with E-state index in [-0.39, 0.29) is 58.2 Å². The molecule has 1 aromatic rings. The number of benzene rings is 1. The lowest BCUT2D eigenvalue weighted by Crippen LogP contribution is -2.63. The van der Waals surface area contributed by atoms with Gasteiger partial charge in [0.15, 0.2) is 0 Å². The molecule has 4 atom stereocenters. The largest absolute Gasteiger partial charge is 0.467 e. The Kier molecular flexibility index (Phi) is 16.3. The van der Waals surface area contributed by atoms with Crippen molar-refractivity contribution in [3.8, 4) is 0 Å². The summed E-state index contributed by atoms with van der Waals surface area (Å²) in [5.74, 6) is -9.90. The maximum absolute atomic E-state index is 15.6. The maximum atomic E-state index is 15.6. The monoisotopic (exact) mass is 774 g/mol. The van der Waals surface area contributed by atoms with E-state index in [2.05, 4.69) is 20.7 Å². The molecular weight excluding hydrogens is 722 g/mol. The van der Waals surface area contributed by atoms with Gasteiger partial charge in [0, 0.05) is 39.3 Å². The Bertz CT molecular complexity index is 1460. The second-order valence-corrected chi connectivity index (χ2v) is 15.2. The quantitative estimate of drug-likeness (QED) is 0.0934. The minimum atomic E-state index is -4.35. The summed E-state index contributed by atoms with van der Waals surface area (Å²) in [7, 11) is -3.31. The van der Waals surface area contributed by atoms with Gasteiger partial charge >= 0.3 is 11.9 Å². The number of aliphatic hydroxyl groups is 1. The summed E-state index contributed by atoms with van der Waals surface area (Å²) in [6.07, 6.45) is 0.817. The van der Waals surface area contributed by atoms with Gasteiger partial charge in [-0.15, -0.1) is 0 Å². The van der Waals surface area contributed by atoms with Crippen molar-refractivity contribution in [3.63, 3.8) is 0 Å². The molecule has 3 aliphatic rings. The van der Waals surface area contributed by atoms with Crippen LogP contribution in [0.5, 0.6) is 0 Å². The van der Waals surface area contributed by atoms with E-state index < -0.39 is 64.1 Å². The zero-order valence-corrected chi connectivity index (χ0v) is 30.8. The maximum Gasteiger partial charge on any atom is 0.351 e. The summed E-state index contributed by atoms with van der Waals surface area (Å²) in [4.78, 5) is 55.1. The Balaban J connectivity index is 1.51. The molecule has 3 amide bonds. The molecule has 53 heavy (non-hydrogen) atoms. The van der Waals surface area contributed by atoms with Crippen LogP contribution in [0, 0.1) is 5.92 Å². The second kappa shape index (κ2) is 20.4. The van der Waals surface area contributed by atoms with Gasteiger partial charge in [-0.2, -0.15) is 26.2 Å². The summed E-state index contributed by atoms with van der Waals surface area (Å²) < 4.78 is 76.5. The summed E-state index contributed by atoms with van der Waals surface area (Å²) in [6, 6.07) is 3.04. The molecule has 2 aliphatic heterocycles. The predicted molar refractivity (Wildman–Crippen MR) is 187 cm³/mol. The van der Waals surface area contributed by atoms with E-state index in [1.807, 2.05) is 4.90 Å². The summed E-state index contributed by atoms with van der Waals surface area (Å²) in [5.41, 5.74) is 0.553. The molecule has 1 aromatic carbocycles. The molecule has 5 N–H and O–H groups in total. The lowest BCUT2D eigenvalue weighted by Gasteiger charge is -2.34. The minimum absolute atomic E-state index is 0.0312. The first-order valence-corrected chi connectivity index (χ1v) is 19.5. The van der Waals surface area contributed by atoms with Gasteiger partial charge in [0.1, 0.15) is 12.1 Å². The van der Waals surface area contributed by atoms with E-state index >= 15 is 8.78 Å². The molecular formula is C34H52F2N6O10S. The molecule has 1 aliphatic carbocycles. The molecule has 4 rings (SSSR count). The highest BCUT2D eigenvalue weighted by Gasteiger charge is 2.51. The van der Waals surface area contributed by atoms with Crippen molar-refractivity contribution in [2.75, 3.05) is 72.8 Å². The van der Waals surface area contributed by atoms with E-state index in [9.17, 15) is 32.7 Å².